The zero-order valence-corrected chi connectivity index (χ0v) is 48.4. The second kappa shape index (κ2) is 25.8. The minimum atomic E-state index is -0.0288. The monoisotopic (exact) mass is 1010 g/mol. The summed E-state index contributed by atoms with van der Waals surface area (Å²) in [6.45, 7) is 24.2. The molecule has 7 aromatic carbocycles. The Bertz CT molecular complexity index is 3480. The Hall–Kier alpha value is -6.80. The van der Waals surface area contributed by atoms with Gasteiger partial charge in [0.1, 0.15) is 0 Å². The van der Waals surface area contributed by atoms with Crippen LogP contribution in [0.2, 0.25) is 0 Å². The quantitative estimate of drug-likeness (QED) is 0.146. The van der Waals surface area contributed by atoms with Crippen molar-refractivity contribution in [3.05, 3.63) is 255 Å². The van der Waals surface area contributed by atoms with Gasteiger partial charge in [0.05, 0.1) is 0 Å². The Kier molecular flexibility index (Phi) is 18.8. The first-order chi connectivity index (χ1) is 36.9. The topological polar surface area (TPSA) is 0 Å². The highest BCUT2D eigenvalue weighted by Crippen LogP contribution is 2.52. The van der Waals surface area contributed by atoms with Crippen molar-refractivity contribution in [3.63, 3.8) is 0 Å². The molecule has 4 aliphatic rings. The maximum Gasteiger partial charge on any atom is 0.0361 e. The summed E-state index contributed by atoms with van der Waals surface area (Å²) in [5, 5.41) is 2.75. The molecule has 1 heterocycles. The molecule has 0 bridgehead atoms. The summed E-state index contributed by atoms with van der Waals surface area (Å²) >= 11 is 1.90. The van der Waals surface area contributed by atoms with E-state index in [2.05, 4.69) is 238 Å². The van der Waals surface area contributed by atoms with Gasteiger partial charge >= 0.3 is 0 Å². The molecule has 0 radical (unpaired) electrons. The number of hydrogen-bond acceptors (Lipinski definition) is 1. The van der Waals surface area contributed by atoms with Crippen LogP contribution >= 0.6 is 11.3 Å². The molecule has 0 amide bonds. The van der Waals surface area contributed by atoms with Gasteiger partial charge in [-0.15, -0.1) is 11.3 Å². The molecule has 8 aromatic rings. The normalized spacial score (nSPS) is 16.4. The van der Waals surface area contributed by atoms with Gasteiger partial charge in [0.15, 0.2) is 0 Å². The third-order valence-corrected chi connectivity index (χ3v) is 16.7. The van der Waals surface area contributed by atoms with Crippen molar-refractivity contribution in [2.75, 3.05) is 0 Å². The van der Waals surface area contributed by atoms with Crippen LogP contribution < -0.4 is 0 Å². The maximum atomic E-state index is 2.50. The second-order valence-electron chi connectivity index (χ2n) is 21.5. The highest BCUT2D eigenvalue weighted by atomic mass is 32.1. The molecule has 0 fully saturated rings. The second-order valence-corrected chi connectivity index (χ2v) is 22.6. The standard InChI is InChI=1S/C38H38.C21H18S.C7H12.C7H8.C2H6/c1-6-12-27-15-11-18-32(37(27)31-17-10-8-14-26(31)3)29-19-21-33-34-23-28(30-16-9-7-13-25(30)2)20-22-35(34)38(4,5)36(33)24-29;1-3-15-5-7-16(8-6-15)17-9-11-19-18-10-4-14(2)12-20(18)22-21(19)13-17;2*1-7-5-3-2-4-6-7;1-2/h7-10,13-14,16-24H,6,11-12,15H2,1-5H3;3-5,7-13H,6H2,1-2H3;3,5,7H,2,4,6H2,1H3;2-6H,1H3;1-2H3/b;15-3-;;;. The fraction of sp³-hybridized carbons (Fsp3) is 0.280. The van der Waals surface area contributed by atoms with Crippen LogP contribution in [-0.4, -0.2) is 0 Å². The highest BCUT2D eigenvalue weighted by molar-refractivity contribution is 7.25. The summed E-state index contributed by atoms with van der Waals surface area (Å²) in [5.41, 5.74) is 24.9. The van der Waals surface area contributed by atoms with Crippen LogP contribution in [0.5, 0.6) is 0 Å². The van der Waals surface area contributed by atoms with E-state index in [0.717, 1.165) is 18.8 Å². The van der Waals surface area contributed by atoms with Gasteiger partial charge in [0, 0.05) is 25.6 Å². The summed E-state index contributed by atoms with van der Waals surface area (Å²) in [7, 11) is 0. The fourth-order valence-electron chi connectivity index (χ4n) is 11.4. The van der Waals surface area contributed by atoms with Gasteiger partial charge in [-0.05, 0) is 199 Å². The zero-order valence-electron chi connectivity index (χ0n) is 47.6. The Morgan fingerprint density at radius 3 is 1.88 bits per heavy atom. The van der Waals surface area contributed by atoms with E-state index in [0.29, 0.717) is 0 Å². The lowest BCUT2D eigenvalue weighted by molar-refractivity contribution is 0.584. The van der Waals surface area contributed by atoms with Crippen LogP contribution in [-0.2, 0) is 5.41 Å². The van der Waals surface area contributed by atoms with E-state index in [1.807, 2.05) is 43.4 Å². The van der Waals surface area contributed by atoms with Gasteiger partial charge in [-0.25, -0.2) is 0 Å². The summed E-state index contributed by atoms with van der Waals surface area (Å²) in [4.78, 5) is 0. The number of benzene rings is 7. The van der Waals surface area contributed by atoms with Crippen molar-refractivity contribution >= 4 is 48.2 Å². The minimum absolute atomic E-state index is 0.0288. The van der Waals surface area contributed by atoms with Crippen LogP contribution in [0.15, 0.2) is 205 Å². The Labute approximate surface area is 462 Å². The average Bonchev–Trinajstić information content (AvgIpc) is 3.92. The van der Waals surface area contributed by atoms with Crippen LogP contribution in [0, 0.1) is 33.6 Å². The molecule has 1 unspecified atom stereocenters. The third kappa shape index (κ3) is 12.7. The van der Waals surface area contributed by atoms with Crippen molar-refractivity contribution in [3.8, 4) is 22.3 Å². The molecule has 1 atom stereocenters. The van der Waals surface area contributed by atoms with Crippen molar-refractivity contribution in [1.29, 1.82) is 0 Å². The molecule has 76 heavy (non-hydrogen) atoms. The Morgan fingerprint density at radius 2 is 1.26 bits per heavy atom. The van der Waals surface area contributed by atoms with Crippen molar-refractivity contribution in [1.82, 2.24) is 0 Å². The first-order valence-electron chi connectivity index (χ1n) is 28.4. The van der Waals surface area contributed by atoms with Crippen molar-refractivity contribution in [2.45, 2.75) is 133 Å². The van der Waals surface area contributed by atoms with E-state index in [4.69, 9.17) is 0 Å². The summed E-state index contributed by atoms with van der Waals surface area (Å²) < 4.78 is 2.76. The molecular weight excluding hydrogens is 933 g/mol. The van der Waals surface area contributed by atoms with Gasteiger partial charge in [0.2, 0.25) is 0 Å². The molecule has 1 heteroatoms. The van der Waals surface area contributed by atoms with Crippen molar-refractivity contribution < 1.29 is 0 Å². The Balaban J connectivity index is 0.000000167. The lowest BCUT2D eigenvalue weighted by Crippen LogP contribution is -2.15. The molecule has 0 aliphatic heterocycles. The molecular formula is C75H82S. The molecule has 0 nitrogen and oxygen atoms in total. The minimum Gasteiger partial charge on any atom is -0.135 e. The molecule has 0 saturated heterocycles. The van der Waals surface area contributed by atoms with Gasteiger partial charge in [-0.1, -0.05) is 229 Å². The average molecular weight is 1020 g/mol. The number of fused-ring (bicyclic) bond motifs is 6. The molecule has 4 aliphatic carbocycles. The van der Waals surface area contributed by atoms with Gasteiger partial charge in [0.25, 0.3) is 0 Å². The highest BCUT2D eigenvalue weighted by Gasteiger charge is 2.36. The molecule has 1 aromatic heterocycles. The van der Waals surface area contributed by atoms with E-state index in [1.165, 1.54) is 153 Å². The van der Waals surface area contributed by atoms with E-state index >= 15 is 0 Å². The predicted molar refractivity (Wildman–Crippen MR) is 339 cm³/mol. The lowest BCUT2D eigenvalue weighted by Gasteiger charge is -2.26. The van der Waals surface area contributed by atoms with Gasteiger partial charge in [-0.3, -0.25) is 0 Å². The Morgan fingerprint density at radius 1 is 0.592 bits per heavy atom. The van der Waals surface area contributed by atoms with Gasteiger partial charge < -0.3 is 0 Å². The van der Waals surface area contributed by atoms with Crippen LogP contribution in [0.4, 0.5) is 0 Å². The first-order valence-corrected chi connectivity index (χ1v) is 29.2. The number of hydrogen-bond donors (Lipinski definition) is 0. The van der Waals surface area contributed by atoms with Crippen molar-refractivity contribution in [2.24, 2.45) is 5.92 Å². The number of aryl methyl sites for hydroxylation is 4. The van der Waals surface area contributed by atoms with E-state index in [-0.39, 0.29) is 5.41 Å². The number of thiophene rings is 1. The molecule has 388 valence electrons. The third-order valence-electron chi connectivity index (χ3n) is 15.6. The largest absolute Gasteiger partial charge is 0.135 e. The van der Waals surface area contributed by atoms with Crippen LogP contribution in [0.1, 0.15) is 150 Å². The fourth-order valence-corrected chi connectivity index (χ4v) is 12.6. The van der Waals surface area contributed by atoms with Crippen LogP contribution in [0.25, 0.3) is 59.1 Å². The predicted octanol–water partition coefficient (Wildman–Crippen LogP) is 22.7. The SMILES string of the molecule is C/C=C1/C=CC(c2ccc3c(c2)sc2cc(C)ccc23)=CC1.CC.CC1C=CCCC1.CCCC1=C(c2ccccc2C)C(c2ccc3c(c2)C(C)(C)c2ccc(-c4ccccc4C)cc2-3)=CCC1.Cc1ccccc1. The summed E-state index contributed by atoms with van der Waals surface area (Å²) in [6.07, 6.45) is 25.9. The molecule has 0 spiro atoms. The smallest absolute Gasteiger partial charge is 0.0361 e. The van der Waals surface area contributed by atoms with E-state index < -0.39 is 0 Å². The number of allylic oxidation sites excluding steroid dienone is 12. The van der Waals surface area contributed by atoms with E-state index in [9.17, 15) is 0 Å². The number of rotatable bonds is 6. The molecule has 12 rings (SSSR count). The summed E-state index contributed by atoms with van der Waals surface area (Å²) in [5.74, 6) is 0.855. The summed E-state index contributed by atoms with van der Waals surface area (Å²) in [6, 6.07) is 55.9. The molecule has 0 saturated carbocycles. The maximum absolute atomic E-state index is 2.50. The zero-order chi connectivity index (χ0) is 53.8. The first kappa shape index (κ1) is 55.4. The van der Waals surface area contributed by atoms with E-state index in [1.54, 1.807) is 5.57 Å². The van der Waals surface area contributed by atoms with Crippen LogP contribution in [0.3, 0.4) is 0 Å². The lowest BCUT2D eigenvalue weighted by atomic mass is 9.78. The van der Waals surface area contributed by atoms with Gasteiger partial charge in [-0.2, -0.15) is 0 Å². The molecule has 0 N–H and O–H groups in total.